The number of hydrazone groups is 1. The Balaban J connectivity index is 1.55. The van der Waals surface area contributed by atoms with Gasteiger partial charge in [-0.05, 0) is 70.0 Å². The summed E-state index contributed by atoms with van der Waals surface area (Å²) >= 11 is 3.49. The topological polar surface area (TPSA) is 101 Å². The van der Waals surface area contributed by atoms with Crippen LogP contribution in [0.25, 0.3) is 0 Å². The van der Waals surface area contributed by atoms with Gasteiger partial charge in [0.05, 0.1) is 22.5 Å². The van der Waals surface area contributed by atoms with Crippen molar-refractivity contribution in [3.8, 4) is 11.5 Å². The molecule has 0 radical (unpaired) electrons. The summed E-state index contributed by atoms with van der Waals surface area (Å²) in [6, 6.07) is 14.6. The Morgan fingerprint density at radius 2 is 1.76 bits per heavy atom. The molecule has 194 valence electrons. The van der Waals surface area contributed by atoms with Crippen molar-refractivity contribution in [3.63, 3.8) is 0 Å². The highest BCUT2D eigenvalue weighted by Crippen LogP contribution is 2.34. The van der Waals surface area contributed by atoms with Gasteiger partial charge in [-0.2, -0.15) is 5.10 Å². The Labute approximate surface area is 222 Å². The molecule has 0 saturated heterocycles. The lowest BCUT2D eigenvalue weighted by molar-refractivity contribution is -0.119. The molecule has 0 spiro atoms. The minimum absolute atomic E-state index is 0.108. The summed E-state index contributed by atoms with van der Waals surface area (Å²) in [5, 5.41) is 3.95. The fourth-order valence-electron chi connectivity index (χ4n) is 3.54. The first-order valence-corrected chi connectivity index (χ1v) is 13.4. The van der Waals surface area contributed by atoms with Gasteiger partial charge in [0.25, 0.3) is 15.9 Å². The van der Waals surface area contributed by atoms with Crippen LogP contribution in [0.2, 0.25) is 0 Å². The normalized spacial score (nSPS) is 12.9. The SMILES string of the molecule is CN(C)c1ccc(/C=N\NC(=O)CN(c2ccc(F)cc2)S(=O)(=O)c2ccc3c(c2)OCCO3)cc1Br. The molecule has 0 unspecified atom stereocenters. The molecule has 0 saturated carbocycles. The third-order valence-electron chi connectivity index (χ3n) is 5.36. The minimum Gasteiger partial charge on any atom is -0.486 e. The van der Waals surface area contributed by atoms with Crippen LogP contribution in [0.5, 0.6) is 11.5 Å². The van der Waals surface area contributed by atoms with Gasteiger partial charge >= 0.3 is 0 Å². The standard InChI is InChI=1S/C25H24BrFN4O5S/c1-30(2)22-9-3-17(13-21(22)26)15-28-29-25(32)16-31(19-6-4-18(27)5-7-19)37(33,34)20-8-10-23-24(14-20)36-12-11-35-23/h3-10,13-15H,11-12,16H2,1-2H3,(H,29,32)/b28-15-. The fraction of sp³-hybridized carbons (Fsp3) is 0.200. The highest BCUT2D eigenvalue weighted by Gasteiger charge is 2.29. The number of hydrogen-bond donors (Lipinski definition) is 1. The van der Waals surface area contributed by atoms with E-state index in [2.05, 4.69) is 26.5 Å². The van der Waals surface area contributed by atoms with Crippen molar-refractivity contribution < 1.29 is 27.1 Å². The number of sulfonamides is 1. The highest BCUT2D eigenvalue weighted by molar-refractivity contribution is 9.10. The van der Waals surface area contributed by atoms with Crippen LogP contribution in [0, 0.1) is 5.82 Å². The number of fused-ring (bicyclic) bond motifs is 1. The molecule has 3 aromatic rings. The molecular weight excluding hydrogens is 567 g/mol. The number of amides is 1. The summed E-state index contributed by atoms with van der Waals surface area (Å²) in [4.78, 5) is 14.6. The first-order valence-electron chi connectivity index (χ1n) is 11.1. The summed E-state index contributed by atoms with van der Waals surface area (Å²) in [6.07, 6.45) is 1.44. The van der Waals surface area contributed by atoms with E-state index < -0.39 is 28.3 Å². The molecule has 1 heterocycles. The maximum Gasteiger partial charge on any atom is 0.264 e. The molecule has 0 bridgehead atoms. The van der Waals surface area contributed by atoms with E-state index in [1.165, 1.54) is 36.5 Å². The van der Waals surface area contributed by atoms with Crippen molar-refractivity contribution in [1.82, 2.24) is 5.43 Å². The number of hydrogen-bond acceptors (Lipinski definition) is 7. The van der Waals surface area contributed by atoms with Gasteiger partial charge in [0.15, 0.2) is 11.5 Å². The van der Waals surface area contributed by atoms with Crippen LogP contribution in [0.4, 0.5) is 15.8 Å². The Morgan fingerprint density at radius 1 is 1.05 bits per heavy atom. The quantitative estimate of drug-likeness (QED) is 0.316. The lowest BCUT2D eigenvalue weighted by atomic mass is 10.2. The fourth-order valence-corrected chi connectivity index (χ4v) is 5.73. The van der Waals surface area contributed by atoms with Crippen LogP contribution in [0.3, 0.4) is 0 Å². The Morgan fingerprint density at radius 3 is 2.43 bits per heavy atom. The number of benzene rings is 3. The Hall–Kier alpha value is -3.64. The first kappa shape index (κ1) is 26.4. The first-order chi connectivity index (χ1) is 17.6. The molecule has 0 atom stereocenters. The van der Waals surface area contributed by atoms with Crippen molar-refractivity contribution in [2.24, 2.45) is 5.10 Å². The van der Waals surface area contributed by atoms with Gasteiger partial charge in [0.1, 0.15) is 25.6 Å². The van der Waals surface area contributed by atoms with E-state index in [1.54, 1.807) is 0 Å². The Kier molecular flexibility index (Phi) is 7.98. The van der Waals surface area contributed by atoms with E-state index in [-0.39, 0.29) is 22.9 Å². The van der Waals surface area contributed by atoms with E-state index in [9.17, 15) is 17.6 Å². The molecular formula is C25H24BrFN4O5S. The van der Waals surface area contributed by atoms with Crippen molar-refractivity contribution in [2.75, 3.05) is 43.1 Å². The molecule has 4 rings (SSSR count). The van der Waals surface area contributed by atoms with Gasteiger partial charge in [-0.25, -0.2) is 18.2 Å². The predicted molar refractivity (Wildman–Crippen MR) is 143 cm³/mol. The van der Waals surface area contributed by atoms with Crippen LogP contribution >= 0.6 is 15.9 Å². The van der Waals surface area contributed by atoms with Crippen molar-refractivity contribution in [3.05, 3.63) is 76.5 Å². The monoisotopic (exact) mass is 590 g/mol. The summed E-state index contributed by atoms with van der Waals surface area (Å²) in [5.74, 6) is -0.519. The van der Waals surface area contributed by atoms with Crippen LogP contribution in [-0.2, 0) is 14.8 Å². The molecule has 1 aliphatic rings. The smallest absolute Gasteiger partial charge is 0.264 e. The van der Waals surface area contributed by atoms with Crippen LogP contribution in [-0.4, -0.2) is 54.4 Å². The minimum atomic E-state index is -4.24. The maximum atomic E-state index is 13.6. The molecule has 0 aliphatic carbocycles. The van der Waals surface area contributed by atoms with E-state index in [0.29, 0.717) is 12.4 Å². The third kappa shape index (κ3) is 6.20. The van der Waals surface area contributed by atoms with E-state index in [1.807, 2.05) is 37.2 Å². The number of anilines is 2. The lowest BCUT2D eigenvalue weighted by Gasteiger charge is -2.25. The summed E-state index contributed by atoms with van der Waals surface area (Å²) in [5.41, 5.74) is 4.16. The van der Waals surface area contributed by atoms with E-state index in [0.717, 1.165) is 32.2 Å². The number of halogens is 2. The van der Waals surface area contributed by atoms with Gasteiger partial charge in [-0.1, -0.05) is 6.07 Å². The van der Waals surface area contributed by atoms with Gasteiger partial charge < -0.3 is 14.4 Å². The second kappa shape index (κ2) is 11.2. The van der Waals surface area contributed by atoms with Crippen LogP contribution in [0.1, 0.15) is 5.56 Å². The molecule has 1 amide bonds. The van der Waals surface area contributed by atoms with Crippen molar-refractivity contribution in [1.29, 1.82) is 0 Å². The molecule has 3 aromatic carbocycles. The maximum absolute atomic E-state index is 13.6. The molecule has 37 heavy (non-hydrogen) atoms. The lowest BCUT2D eigenvalue weighted by Crippen LogP contribution is -2.39. The second-order valence-corrected chi connectivity index (χ2v) is 10.9. The molecule has 0 aromatic heterocycles. The number of nitrogens with one attached hydrogen (secondary N) is 1. The van der Waals surface area contributed by atoms with E-state index >= 15 is 0 Å². The highest BCUT2D eigenvalue weighted by atomic mass is 79.9. The summed E-state index contributed by atoms with van der Waals surface area (Å²) in [6.45, 7) is 0.0499. The van der Waals surface area contributed by atoms with Gasteiger partial charge in [-0.15, -0.1) is 0 Å². The molecule has 12 heteroatoms. The molecule has 9 nitrogen and oxygen atoms in total. The van der Waals surface area contributed by atoms with Gasteiger partial charge in [0, 0.05) is 24.6 Å². The summed E-state index contributed by atoms with van der Waals surface area (Å²) < 4.78 is 53.4. The average Bonchev–Trinajstić information content (AvgIpc) is 2.87. The van der Waals surface area contributed by atoms with Gasteiger partial charge in [-0.3, -0.25) is 9.10 Å². The zero-order valence-electron chi connectivity index (χ0n) is 20.0. The number of carbonyl (C=O) groups is 1. The number of nitrogens with zero attached hydrogens (tertiary/aromatic N) is 3. The number of rotatable bonds is 8. The number of carbonyl (C=O) groups excluding carboxylic acids is 1. The third-order valence-corrected chi connectivity index (χ3v) is 7.76. The van der Waals surface area contributed by atoms with Gasteiger partial charge in [0.2, 0.25) is 0 Å². The largest absolute Gasteiger partial charge is 0.486 e. The zero-order valence-corrected chi connectivity index (χ0v) is 22.4. The second-order valence-electron chi connectivity index (χ2n) is 8.19. The predicted octanol–water partition coefficient (Wildman–Crippen LogP) is 3.77. The Bertz CT molecular complexity index is 1430. The molecule has 1 N–H and O–H groups in total. The van der Waals surface area contributed by atoms with Crippen molar-refractivity contribution >= 4 is 49.4 Å². The molecule has 1 aliphatic heterocycles. The van der Waals surface area contributed by atoms with Crippen molar-refractivity contribution in [2.45, 2.75) is 4.90 Å². The van der Waals surface area contributed by atoms with Crippen LogP contribution in [0.15, 0.2) is 75.1 Å². The van der Waals surface area contributed by atoms with Crippen LogP contribution < -0.4 is 24.1 Å². The summed E-state index contributed by atoms with van der Waals surface area (Å²) in [7, 11) is -0.406. The zero-order chi connectivity index (χ0) is 26.6. The molecule has 0 fully saturated rings. The van der Waals surface area contributed by atoms with E-state index in [4.69, 9.17) is 9.47 Å². The number of ether oxygens (including phenoxy) is 2. The average molecular weight is 591 g/mol.